The maximum atomic E-state index is 11.8. The third-order valence-corrected chi connectivity index (χ3v) is 8.61. The third-order valence-electron chi connectivity index (χ3n) is 8.61. The number of aliphatic hydroxyl groups excluding tert-OH is 13. The van der Waals surface area contributed by atoms with Gasteiger partial charge < -0.3 is 105 Å². The maximum absolute atomic E-state index is 11.8. The highest BCUT2D eigenvalue weighted by molar-refractivity contribution is 5.73. The minimum atomic E-state index is -2.06. The first-order chi connectivity index (χ1) is 22.7. The molecule has 0 saturated carbocycles. The molecule has 0 aromatic carbocycles. The molecule has 0 spiro atoms. The number of rotatable bonds is 11. The Labute approximate surface area is 272 Å². The van der Waals surface area contributed by atoms with Gasteiger partial charge in [0, 0.05) is 6.92 Å². The lowest BCUT2D eigenvalue weighted by atomic mass is 9.95. The molecule has 0 radical (unpaired) electrons. The molecule has 22 nitrogen and oxygen atoms in total. The maximum Gasteiger partial charge on any atom is 0.217 e. The van der Waals surface area contributed by atoms with E-state index in [9.17, 15) is 71.2 Å². The molecule has 14 N–H and O–H groups in total. The van der Waals surface area contributed by atoms with Gasteiger partial charge in [0.15, 0.2) is 25.2 Å². The van der Waals surface area contributed by atoms with E-state index in [1.807, 2.05) is 0 Å². The fraction of sp³-hybridized carbons (Fsp3) is 0.962. The van der Waals surface area contributed by atoms with Crippen LogP contribution in [0.5, 0.6) is 0 Å². The Bertz CT molecular complexity index is 1030. The Morgan fingerprint density at radius 1 is 0.500 bits per heavy atom. The average Bonchev–Trinajstić information content (AvgIpc) is 3.06. The molecule has 4 rings (SSSR count). The molecule has 0 aliphatic carbocycles. The van der Waals surface area contributed by atoms with Crippen LogP contribution in [-0.2, 0) is 38.0 Å². The van der Waals surface area contributed by atoms with Crippen molar-refractivity contribution in [3.8, 4) is 0 Å². The zero-order valence-electron chi connectivity index (χ0n) is 25.5. The fourth-order valence-corrected chi connectivity index (χ4v) is 5.94. The van der Waals surface area contributed by atoms with Crippen LogP contribution in [0.4, 0.5) is 0 Å². The van der Waals surface area contributed by atoms with E-state index in [2.05, 4.69) is 5.32 Å². The SMILES string of the molecule is CC(=O)N[C@H]1C(O)[C@@H](O)C(CO)O[C@H]1OC1[C@@H](O)C(CO)O[C@H](OC2[C@@H](O)C(CO)O[C@@H](O[C@@H]3C(CO)O[C@@H](O)[C@@H](O)C3O)[C@H]2O)[C@H]1O. The first-order valence-corrected chi connectivity index (χ1v) is 15.1. The number of amides is 1. The Balaban J connectivity index is 1.56. The zero-order chi connectivity index (χ0) is 35.6. The molecule has 4 aliphatic heterocycles. The second kappa shape index (κ2) is 16.8. The highest BCUT2D eigenvalue weighted by atomic mass is 16.8. The summed E-state index contributed by atoms with van der Waals surface area (Å²) in [4.78, 5) is 11.8. The molecule has 0 aromatic heterocycles. The van der Waals surface area contributed by atoms with E-state index in [1.54, 1.807) is 0 Å². The normalized spacial score (nSPS) is 50.2. The minimum absolute atomic E-state index is 0.700. The van der Waals surface area contributed by atoms with Crippen LogP contribution in [0.3, 0.4) is 0 Å². The summed E-state index contributed by atoms with van der Waals surface area (Å²) in [6, 6.07) is -1.50. The Hall–Kier alpha value is -1.33. The quantitative estimate of drug-likeness (QED) is 0.0947. The zero-order valence-corrected chi connectivity index (χ0v) is 25.5. The number of aliphatic hydroxyl groups is 13. The van der Waals surface area contributed by atoms with Crippen molar-refractivity contribution in [3.05, 3.63) is 0 Å². The van der Waals surface area contributed by atoms with Crippen LogP contribution in [0, 0.1) is 0 Å². The number of hydrogen-bond donors (Lipinski definition) is 14. The van der Waals surface area contributed by atoms with Crippen LogP contribution in [0.1, 0.15) is 6.92 Å². The highest BCUT2D eigenvalue weighted by Crippen LogP contribution is 2.34. The van der Waals surface area contributed by atoms with Gasteiger partial charge in [-0.15, -0.1) is 0 Å². The van der Waals surface area contributed by atoms with E-state index in [4.69, 9.17) is 33.2 Å². The molecular weight excluding hydrogens is 662 g/mol. The van der Waals surface area contributed by atoms with E-state index >= 15 is 0 Å². The molecule has 48 heavy (non-hydrogen) atoms. The predicted octanol–water partition coefficient (Wildman–Crippen LogP) is -9.61. The summed E-state index contributed by atoms with van der Waals surface area (Å²) in [5.41, 5.74) is 0. The molecule has 1 amide bonds. The van der Waals surface area contributed by atoms with Gasteiger partial charge in [0.1, 0.15) is 97.6 Å². The van der Waals surface area contributed by atoms with Gasteiger partial charge in [0.25, 0.3) is 0 Å². The lowest BCUT2D eigenvalue weighted by Gasteiger charge is -2.49. The van der Waals surface area contributed by atoms with Crippen molar-refractivity contribution >= 4 is 5.91 Å². The van der Waals surface area contributed by atoms with Gasteiger partial charge in [-0.1, -0.05) is 0 Å². The summed E-state index contributed by atoms with van der Waals surface area (Å²) >= 11 is 0. The van der Waals surface area contributed by atoms with E-state index < -0.39 is 155 Å². The summed E-state index contributed by atoms with van der Waals surface area (Å²) in [6.07, 6.45) is -33.9. The third kappa shape index (κ3) is 8.08. The molecule has 4 aliphatic rings. The number of carbonyl (C=O) groups excluding carboxylic acids is 1. The van der Waals surface area contributed by atoms with Crippen LogP contribution in [-0.4, -0.2) is 221 Å². The minimum Gasteiger partial charge on any atom is -0.394 e. The first kappa shape index (κ1) is 39.5. The summed E-state index contributed by atoms with van der Waals surface area (Å²) in [7, 11) is 0. The number of ether oxygens (including phenoxy) is 7. The van der Waals surface area contributed by atoms with Crippen LogP contribution in [0.2, 0.25) is 0 Å². The van der Waals surface area contributed by atoms with Gasteiger partial charge >= 0.3 is 0 Å². The molecule has 4 saturated heterocycles. The van der Waals surface area contributed by atoms with Crippen molar-refractivity contribution in [2.24, 2.45) is 0 Å². The fourth-order valence-electron chi connectivity index (χ4n) is 5.94. The number of nitrogens with one attached hydrogen (secondary N) is 1. The Kier molecular flexibility index (Phi) is 13.8. The van der Waals surface area contributed by atoms with Crippen molar-refractivity contribution in [2.45, 2.75) is 130 Å². The molecule has 20 atom stereocenters. The van der Waals surface area contributed by atoms with Crippen molar-refractivity contribution in [1.82, 2.24) is 5.32 Å². The highest BCUT2D eigenvalue weighted by Gasteiger charge is 2.55. The Morgan fingerprint density at radius 3 is 1.38 bits per heavy atom. The van der Waals surface area contributed by atoms with Gasteiger partial charge in [-0.05, 0) is 0 Å². The van der Waals surface area contributed by atoms with Crippen molar-refractivity contribution in [3.63, 3.8) is 0 Å². The lowest BCUT2D eigenvalue weighted by Crippen LogP contribution is -2.69. The summed E-state index contributed by atoms with van der Waals surface area (Å²) in [5, 5.41) is 137. The largest absolute Gasteiger partial charge is 0.394 e. The van der Waals surface area contributed by atoms with E-state index in [-0.39, 0.29) is 0 Å². The first-order valence-electron chi connectivity index (χ1n) is 15.1. The van der Waals surface area contributed by atoms with Crippen LogP contribution < -0.4 is 5.32 Å². The van der Waals surface area contributed by atoms with Crippen LogP contribution >= 0.6 is 0 Å². The van der Waals surface area contributed by atoms with Crippen molar-refractivity contribution in [1.29, 1.82) is 0 Å². The monoisotopic (exact) mass is 707 g/mol. The van der Waals surface area contributed by atoms with E-state index in [0.29, 0.717) is 0 Å². The number of carbonyl (C=O) groups is 1. The standard InChI is InChI=1S/C26H45NO21/c1-6(32)27-11-15(36)12(33)7(2-28)43-24(11)47-21-13(34)8(3-29)45-26(18(21)39)48-22-14(35)9(4-30)44-25(19(22)40)46-20-10(5-31)42-23(41)17(38)16(20)37/h7-26,28-31,33-41H,2-5H2,1H3,(H,27,32)/t7?,8?,9?,10?,11-,12-,13-,14-,15?,16?,17-,18-,19-,20+,21?,22?,23+,24-,25-,26+/m0/s1. The lowest BCUT2D eigenvalue weighted by molar-refractivity contribution is -0.386. The van der Waals surface area contributed by atoms with Gasteiger partial charge in [-0.25, -0.2) is 0 Å². The van der Waals surface area contributed by atoms with Crippen LogP contribution in [0.15, 0.2) is 0 Å². The Morgan fingerprint density at radius 2 is 0.917 bits per heavy atom. The molecule has 0 bridgehead atoms. The van der Waals surface area contributed by atoms with Crippen molar-refractivity contribution in [2.75, 3.05) is 26.4 Å². The van der Waals surface area contributed by atoms with Gasteiger partial charge in [0.05, 0.1) is 26.4 Å². The molecule has 0 aromatic rings. The summed E-state index contributed by atoms with van der Waals surface area (Å²) < 4.78 is 38.4. The topological polar surface area (TPSA) is 357 Å². The second-order valence-electron chi connectivity index (χ2n) is 11.9. The molecule has 280 valence electrons. The molecule has 8 unspecified atom stereocenters. The molecular formula is C26H45NO21. The molecule has 22 heteroatoms. The second-order valence-corrected chi connectivity index (χ2v) is 11.9. The average molecular weight is 708 g/mol. The number of hydrogen-bond acceptors (Lipinski definition) is 21. The van der Waals surface area contributed by atoms with E-state index in [1.165, 1.54) is 0 Å². The van der Waals surface area contributed by atoms with Gasteiger partial charge in [0.2, 0.25) is 5.91 Å². The summed E-state index contributed by atoms with van der Waals surface area (Å²) in [5.74, 6) is -0.700. The van der Waals surface area contributed by atoms with Gasteiger partial charge in [-0.3, -0.25) is 4.79 Å². The van der Waals surface area contributed by atoms with Crippen molar-refractivity contribution < 1.29 is 104 Å². The van der Waals surface area contributed by atoms with Crippen LogP contribution in [0.25, 0.3) is 0 Å². The summed E-state index contributed by atoms with van der Waals surface area (Å²) in [6.45, 7) is -2.38. The molecule has 4 heterocycles. The smallest absolute Gasteiger partial charge is 0.217 e. The predicted molar refractivity (Wildman–Crippen MR) is 145 cm³/mol. The molecule has 4 fully saturated rings. The van der Waals surface area contributed by atoms with E-state index in [0.717, 1.165) is 6.92 Å². The van der Waals surface area contributed by atoms with Gasteiger partial charge in [-0.2, -0.15) is 0 Å².